The molecule has 18 heavy (non-hydrogen) atoms. The summed E-state index contributed by atoms with van der Waals surface area (Å²) < 4.78 is 5.62. The highest BCUT2D eigenvalue weighted by Crippen LogP contribution is 2.17. The van der Waals surface area contributed by atoms with Crippen molar-refractivity contribution in [1.29, 1.82) is 0 Å². The summed E-state index contributed by atoms with van der Waals surface area (Å²) in [6, 6.07) is 7.83. The number of ether oxygens (including phenoxy) is 1. The molecular weight excluding hydrogens is 230 g/mol. The number of benzene rings is 1. The van der Waals surface area contributed by atoms with Gasteiger partial charge in [-0.3, -0.25) is 4.79 Å². The Kier molecular flexibility index (Phi) is 5.16. The van der Waals surface area contributed by atoms with Crippen LogP contribution in [0.15, 0.2) is 24.3 Å². The zero-order valence-corrected chi connectivity index (χ0v) is 11.0. The van der Waals surface area contributed by atoms with E-state index < -0.39 is 11.5 Å². The molecule has 0 amide bonds. The Morgan fingerprint density at radius 3 is 2.67 bits per heavy atom. The summed E-state index contributed by atoms with van der Waals surface area (Å²) in [5.41, 5.74) is 5.60. The molecule has 4 nitrogen and oxygen atoms in total. The SMILES string of the molecule is Cc1ccccc1OCCCCC(C)(N)C(=O)O. The lowest BCUT2D eigenvalue weighted by Crippen LogP contribution is -2.44. The molecule has 1 aromatic rings. The molecule has 4 heteroatoms. The first-order valence-corrected chi connectivity index (χ1v) is 6.14. The topological polar surface area (TPSA) is 72.5 Å². The summed E-state index contributed by atoms with van der Waals surface area (Å²) in [4.78, 5) is 10.8. The minimum absolute atomic E-state index is 0.458. The Balaban J connectivity index is 2.24. The Morgan fingerprint density at radius 2 is 2.06 bits per heavy atom. The van der Waals surface area contributed by atoms with Gasteiger partial charge in [-0.05, 0) is 44.7 Å². The fourth-order valence-corrected chi connectivity index (χ4v) is 1.60. The van der Waals surface area contributed by atoms with Gasteiger partial charge in [0.05, 0.1) is 6.61 Å². The molecule has 1 aromatic carbocycles. The Bertz CT molecular complexity index is 402. The van der Waals surface area contributed by atoms with Gasteiger partial charge in [-0.1, -0.05) is 18.2 Å². The second-order valence-electron chi connectivity index (χ2n) is 4.79. The van der Waals surface area contributed by atoms with Crippen LogP contribution in [0.4, 0.5) is 0 Å². The lowest BCUT2D eigenvalue weighted by Gasteiger charge is -2.18. The van der Waals surface area contributed by atoms with Crippen LogP contribution in [0.5, 0.6) is 5.75 Å². The van der Waals surface area contributed by atoms with E-state index in [4.69, 9.17) is 15.6 Å². The Labute approximate surface area is 108 Å². The molecule has 100 valence electrons. The van der Waals surface area contributed by atoms with E-state index in [9.17, 15) is 4.79 Å². The van der Waals surface area contributed by atoms with Crippen LogP contribution in [0.3, 0.4) is 0 Å². The number of rotatable bonds is 7. The molecule has 0 saturated carbocycles. The van der Waals surface area contributed by atoms with Gasteiger partial charge in [0.25, 0.3) is 0 Å². The van der Waals surface area contributed by atoms with Crippen molar-refractivity contribution in [2.75, 3.05) is 6.61 Å². The maximum atomic E-state index is 10.8. The Morgan fingerprint density at radius 1 is 1.39 bits per heavy atom. The minimum Gasteiger partial charge on any atom is -0.493 e. The molecule has 1 atom stereocenters. The summed E-state index contributed by atoms with van der Waals surface area (Å²) >= 11 is 0. The van der Waals surface area contributed by atoms with Crippen molar-refractivity contribution in [3.05, 3.63) is 29.8 Å². The third-order valence-corrected chi connectivity index (χ3v) is 2.93. The van der Waals surface area contributed by atoms with Gasteiger partial charge in [0, 0.05) is 0 Å². The van der Waals surface area contributed by atoms with E-state index in [2.05, 4.69) is 0 Å². The van der Waals surface area contributed by atoms with Gasteiger partial charge in [-0.25, -0.2) is 0 Å². The fraction of sp³-hybridized carbons (Fsp3) is 0.500. The average molecular weight is 251 g/mol. The molecule has 1 rings (SSSR count). The van der Waals surface area contributed by atoms with Crippen molar-refractivity contribution in [3.63, 3.8) is 0 Å². The number of aliphatic carboxylic acids is 1. The van der Waals surface area contributed by atoms with Crippen LogP contribution >= 0.6 is 0 Å². The van der Waals surface area contributed by atoms with Crippen LogP contribution in [-0.2, 0) is 4.79 Å². The lowest BCUT2D eigenvalue weighted by atomic mass is 9.97. The maximum absolute atomic E-state index is 10.8. The molecule has 0 saturated heterocycles. The molecule has 0 aliphatic rings. The van der Waals surface area contributed by atoms with Gasteiger partial charge < -0.3 is 15.6 Å². The first kappa shape index (κ1) is 14.5. The highest BCUT2D eigenvalue weighted by atomic mass is 16.5. The summed E-state index contributed by atoms with van der Waals surface area (Å²) in [6.07, 6.45) is 2.00. The zero-order chi connectivity index (χ0) is 13.6. The summed E-state index contributed by atoms with van der Waals surface area (Å²) in [6.45, 7) is 4.12. The number of hydrogen-bond donors (Lipinski definition) is 2. The summed E-state index contributed by atoms with van der Waals surface area (Å²) in [7, 11) is 0. The molecule has 3 N–H and O–H groups in total. The molecule has 1 unspecified atom stereocenters. The van der Waals surface area contributed by atoms with E-state index in [1.807, 2.05) is 31.2 Å². The molecule has 0 aliphatic carbocycles. The predicted molar refractivity (Wildman–Crippen MR) is 70.8 cm³/mol. The van der Waals surface area contributed by atoms with Gasteiger partial charge in [0.1, 0.15) is 11.3 Å². The van der Waals surface area contributed by atoms with E-state index in [0.717, 1.165) is 24.2 Å². The highest BCUT2D eigenvalue weighted by Gasteiger charge is 2.26. The summed E-state index contributed by atoms with van der Waals surface area (Å²) in [5, 5.41) is 8.86. The van der Waals surface area contributed by atoms with E-state index in [0.29, 0.717) is 13.0 Å². The second kappa shape index (κ2) is 6.40. The quantitative estimate of drug-likeness (QED) is 0.730. The number of nitrogens with two attached hydrogens (primary N) is 1. The second-order valence-corrected chi connectivity index (χ2v) is 4.79. The van der Waals surface area contributed by atoms with Crippen molar-refractivity contribution < 1.29 is 14.6 Å². The number of carboxylic acid groups (broad SMARTS) is 1. The molecule has 0 radical (unpaired) electrons. The van der Waals surface area contributed by atoms with Crippen molar-refractivity contribution in [2.24, 2.45) is 5.73 Å². The maximum Gasteiger partial charge on any atom is 0.323 e. The molecule has 0 heterocycles. The Hall–Kier alpha value is -1.55. The number of para-hydroxylation sites is 1. The van der Waals surface area contributed by atoms with Gasteiger partial charge in [0.15, 0.2) is 0 Å². The molecule has 0 spiro atoms. The van der Waals surface area contributed by atoms with E-state index in [-0.39, 0.29) is 0 Å². The third kappa shape index (κ3) is 4.37. The number of aryl methyl sites for hydroxylation is 1. The van der Waals surface area contributed by atoms with Crippen LogP contribution in [-0.4, -0.2) is 23.2 Å². The number of carboxylic acids is 1. The van der Waals surface area contributed by atoms with Gasteiger partial charge in [-0.2, -0.15) is 0 Å². The van der Waals surface area contributed by atoms with Crippen molar-refractivity contribution >= 4 is 5.97 Å². The van der Waals surface area contributed by atoms with E-state index in [1.165, 1.54) is 6.92 Å². The van der Waals surface area contributed by atoms with Gasteiger partial charge >= 0.3 is 5.97 Å². The first-order chi connectivity index (χ1) is 8.43. The number of unbranched alkanes of at least 4 members (excludes halogenated alkanes) is 1. The van der Waals surface area contributed by atoms with E-state index in [1.54, 1.807) is 0 Å². The molecule has 0 bridgehead atoms. The van der Waals surface area contributed by atoms with Gasteiger partial charge in [0.2, 0.25) is 0 Å². The lowest BCUT2D eigenvalue weighted by molar-refractivity contribution is -0.142. The van der Waals surface area contributed by atoms with Crippen LogP contribution in [0, 0.1) is 6.92 Å². The van der Waals surface area contributed by atoms with Gasteiger partial charge in [-0.15, -0.1) is 0 Å². The van der Waals surface area contributed by atoms with Crippen molar-refractivity contribution in [3.8, 4) is 5.75 Å². The van der Waals surface area contributed by atoms with E-state index >= 15 is 0 Å². The molecular formula is C14H21NO3. The standard InChI is InChI=1S/C14H21NO3/c1-11-7-3-4-8-12(11)18-10-6-5-9-14(2,15)13(16)17/h3-4,7-8H,5-6,9-10,15H2,1-2H3,(H,16,17). The predicted octanol–water partition coefficient (Wildman–Crippen LogP) is 2.35. The molecule has 0 aliphatic heterocycles. The third-order valence-electron chi connectivity index (χ3n) is 2.93. The van der Waals surface area contributed by atoms with Crippen LogP contribution < -0.4 is 10.5 Å². The average Bonchev–Trinajstić information content (AvgIpc) is 2.30. The largest absolute Gasteiger partial charge is 0.493 e. The van der Waals surface area contributed by atoms with Crippen LogP contribution in [0.1, 0.15) is 31.7 Å². The smallest absolute Gasteiger partial charge is 0.323 e. The molecule has 0 fully saturated rings. The monoisotopic (exact) mass is 251 g/mol. The van der Waals surface area contributed by atoms with Crippen molar-refractivity contribution in [1.82, 2.24) is 0 Å². The number of carbonyl (C=O) groups is 1. The van der Waals surface area contributed by atoms with Crippen LogP contribution in [0.2, 0.25) is 0 Å². The highest BCUT2D eigenvalue weighted by molar-refractivity contribution is 5.77. The number of hydrogen-bond acceptors (Lipinski definition) is 3. The van der Waals surface area contributed by atoms with Crippen LogP contribution in [0.25, 0.3) is 0 Å². The minimum atomic E-state index is -1.14. The first-order valence-electron chi connectivity index (χ1n) is 6.14. The zero-order valence-electron chi connectivity index (χ0n) is 11.0. The summed E-state index contributed by atoms with van der Waals surface area (Å²) in [5.74, 6) is -0.0754. The fourth-order valence-electron chi connectivity index (χ4n) is 1.60. The normalized spacial score (nSPS) is 13.9. The van der Waals surface area contributed by atoms with Crippen molar-refractivity contribution in [2.45, 2.75) is 38.6 Å². The molecule has 0 aromatic heterocycles.